The van der Waals surface area contributed by atoms with Crippen LogP contribution in [0.4, 0.5) is 4.39 Å². The second-order valence-corrected chi connectivity index (χ2v) is 2.63. The molecule has 0 radical (unpaired) electrons. The number of carboxylic acid groups (broad SMARTS) is 1. The lowest BCUT2D eigenvalue weighted by Gasteiger charge is -2.04. The summed E-state index contributed by atoms with van der Waals surface area (Å²) < 4.78 is 18.0. The summed E-state index contributed by atoms with van der Waals surface area (Å²) in [5, 5.41) is 8.59. The van der Waals surface area contributed by atoms with Gasteiger partial charge < -0.3 is 9.84 Å². The van der Waals surface area contributed by atoms with Gasteiger partial charge in [0.15, 0.2) is 0 Å². The zero-order valence-electron chi connectivity index (χ0n) is 7.58. The van der Waals surface area contributed by atoms with E-state index in [2.05, 4.69) is 6.58 Å². The highest BCUT2D eigenvalue weighted by atomic mass is 19.1. The normalized spacial score (nSPS) is 9.57. The van der Waals surface area contributed by atoms with Crippen LogP contribution in [0.2, 0.25) is 0 Å². The van der Waals surface area contributed by atoms with Crippen LogP contribution in [0.3, 0.4) is 0 Å². The molecule has 0 saturated heterocycles. The maximum atomic E-state index is 13.2. The molecule has 0 heterocycles. The lowest BCUT2D eigenvalue weighted by molar-refractivity contribution is -0.130. The quantitative estimate of drug-likeness (QED) is 0.751. The standard InChI is InChI=1S/C10H9FO3/c1-6(10(12)13)8-4-3-7(14-2)5-9(8)11/h3-5H,1H2,2H3,(H,12,13). The Balaban J connectivity index is 3.12. The van der Waals surface area contributed by atoms with Gasteiger partial charge in [-0.25, -0.2) is 9.18 Å². The number of carbonyl (C=O) groups is 1. The number of hydrogen-bond donors (Lipinski definition) is 1. The average molecular weight is 196 g/mol. The molecule has 0 fully saturated rings. The third-order valence-electron chi connectivity index (χ3n) is 1.76. The number of hydrogen-bond acceptors (Lipinski definition) is 2. The summed E-state index contributed by atoms with van der Waals surface area (Å²) in [6.45, 7) is 3.26. The summed E-state index contributed by atoms with van der Waals surface area (Å²) in [4.78, 5) is 10.5. The van der Waals surface area contributed by atoms with Crippen LogP contribution in [0.25, 0.3) is 5.57 Å². The molecule has 0 bridgehead atoms. The Morgan fingerprint density at radius 3 is 2.64 bits per heavy atom. The minimum absolute atomic E-state index is 0.0294. The van der Waals surface area contributed by atoms with Gasteiger partial charge in [-0.2, -0.15) is 0 Å². The summed E-state index contributed by atoms with van der Waals surface area (Å²) in [5.41, 5.74) is -0.302. The smallest absolute Gasteiger partial charge is 0.335 e. The van der Waals surface area contributed by atoms with E-state index in [9.17, 15) is 9.18 Å². The fourth-order valence-corrected chi connectivity index (χ4v) is 0.983. The fourth-order valence-electron chi connectivity index (χ4n) is 0.983. The van der Waals surface area contributed by atoms with Gasteiger partial charge in [-0.15, -0.1) is 0 Å². The van der Waals surface area contributed by atoms with Gasteiger partial charge in [0, 0.05) is 11.6 Å². The van der Waals surface area contributed by atoms with Crippen LogP contribution in [0.15, 0.2) is 24.8 Å². The van der Waals surface area contributed by atoms with Crippen molar-refractivity contribution in [2.45, 2.75) is 0 Å². The van der Waals surface area contributed by atoms with Gasteiger partial charge >= 0.3 is 5.97 Å². The molecule has 1 N–H and O–H groups in total. The lowest BCUT2D eigenvalue weighted by atomic mass is 10.1. The zero-order valence-corrected chi connectivity index (χ0v) is 7.58. The molecule has 4 heteroatoms. The van der Waals surface area contributed by atoms with Crippen molar-refractivity contribution in [2.75, 3.05) is 7.11 Å². The first kappa shape index (κ1) is 10.2. The molecule has 0 saturated carbocycles. The van der Waals surface area contributed by atoms with E-state index in [4.69, 9.17) is 9.84 Å². The zero-order chi connectivity index (χ0) is 10.7. The van der Waals surface area contributed by atoms with Crippen LogP contribution >= 0.6 is 0 Å². The number of rotatable bonds is 3. The molecule has 0 aromatic heterocycles. The molecule has 14 heavy (non-hydrogen) atoms. The fraction of sp³-hybridized carbons (Fsp3) is 0.100. The van der Waals surface area contributed by atoms with Crippen molar-refractivity contribution in [3.63, 3.8) is 0 Å². The van der Waals surface area contributed by atoms with E-state index in [0.717, 1.165) is 6.07 Å². The highest BCUT2D eigenvalue weighted by Crippen LogP contribution is 2.21. The van der Waals surface area contributed by atoms with E-state index in [0.29, 0.717) is 5.75 Å². The SMILES string of the molecule is C=C(C(=O)O)c1ccc(OC)cc1F. The number of halogens is 1. The molecular formula is C10H9FO3. The van der Waals surface area contributed by atoms with Gasteiger partial charge in [0.05, 0.1) is 12.7 Å². The Morgan fingerprint density at radius 1 is 1.57 bits per heavy atom. The van der Waals surface area contributed by atoms with Gasteiger partial charge in [-0.1, -0.05) is 6.58 Å². The predicted octanol–water partition coefficient (Wildman–Crippen LogP) is 1.93. The molecule has 1 aromatic rings. The van der Waals surface area contributed by atoms with Crippen molar-refractivity contribution in [1.29, 1.82) is 0 Å². The van der Waals surface area contributed by atoms with Crippen molar-refractivity contribution in [1.82, 2.24) is 0 Å². The molecule has 0 aliphatic carbocycles. The van der Waals surface area contributed by atoms with Crippen LogP contribution in [0.1, 0.15) is 5.56 Å². The molecule has 0 amide bonds. The van der Waals surface area contributed by atoms with Gasteiger partial charge in [0.2, 0.25) is 0 Å². The number of benzene rings is 1. The predicted molar refractivity (Wildman–Crippen MR) is 49.6 cm³/mol. The summed E-state index contributed by atoms with van der Waals surface area (Å²) in [5.74, 6) is -1.56. The summed E-state index contributed by atoms with van der Waals surface area (Å²) in [7, 11) is 1.40. The van der Waals surface area contributed by atoms with Crippen LogP contribution in [-0.4, -0.2) is 18.2 Å². The number of ether oxygens (including phenoxy) is 1. The molecule has 0 spiro atoms. The van der Waals surface area contributed by atoms with Crippen molar-refractivity contribution >= 4 is 11.5 Å². The first-order valence-electron chi connectivity index (χ1n) is 3.82. The van der Waals surface area contributed by atoms with Gasteiger partial charge in [0.1, 0.15) is 11.6 Å². The van der Waals surface area contributed by atoms with Crippen LogP contribution in [0, 0.1) is 5.82 Å². The topological polar surface area (TPSA) is 46.5 Å². The Bertz CT molecular complexity index is 385. The first-order valence-corrected chi connectivity index (χ1v) is 3.82. The van der Waals surface area contributed by atoms with Crippen LogP contribution in [-0.2, 0) is 4.79 Å². The molecule has 74 valence electrons. The lowest BCUT2D eigenvalue weighted by Crippen LogP contribution is -2.00. The Hall–Kier alpha value is -1.84. The van der Waals surface area contributed by atoms with Gasteiger partial charge in [-0.05, 0) is 12.1 Å². The largest absolute Gasteiger partial charge is 0.497 e. The van der Waals surface area contributed by atoms with E-state index >= 15 is 0 Å². The van der Waals surface area contributed by atoms with E-state index in [1.807, 2.05) is 0 Å². The van der Waals surface area contributed by atoms with Crippen LogP contribution < -0.4 is 4.74 Å². The third-order valence-corrected chi connectivity index (χ3v) is 1.76. The Labute approximate surface area is 80.4 Å². The molecule has 0 atom stereocenters. The molecule has 3 nitrogen and oxygen atoms in total. The van der Waals surface area contributed by atoms with Crippen LogP contribution in [0.5, 0.6) is 5.75 Å². The van der Waals surface area contributed by atoms with Gasteiger partial charge in [0.25, 0.3) is 0 Å². The highest BCUT2D eigenvalue weighted by Gasteiger charge is 2.12. The van der Waals surface area contributed by atoms with Crippen molar-refractivity contribution < 1.29 is 19.0 Å². The first-order chi connectivity index (χ1) is 6.56. The maximum Gasteiger partial charge on any atom is 0.335 e. The monoisotopic (exact) mass is 196 g/mol. The Kier molecular flexibility index (Phi) is 2.86. The average Bonchev–Trinajstić information content (AvgIpc) is 2.16. The third kappa shape index (κ3) is 1.90. The summed E-state index contributed by atoms with van der Waals surface area (Å²) >= 11 is 0. The summed E-state index contributed by atoms with van der Waals surface area (Å²) in [6, 6.07) is 3.92. The molecule has 1 aromatic carbocycles. The van der Waals surface area contributed by atoms with Crippen molar-refractivity contribution in [3.05, 3.63) is 36.2 Å². The molecule has 0 unspecified atom stereocenters. The molecule has 1 rings (SSSR count). The second kappa shape index (κ2) is 3.91. The van der Waals surface area contributed by atoms with E-state index in [-0.39, 0.29) is 11.1 Å². The Morgan fingerprint density at radius 2 is 2.21 bits per heavy atom. The highest BCUT2D eigenvalue weighted by molar-refractivity contribution is 6.14. The summed E-state index contributed by atoms with van der Waals surface area (Å²) in [6.07, 6.45) is 0. The molecule has 0 aliphatic rings. The maximum absolute atomic E-state index is 13.2. The van der Waals surface area contributed by atoms with E-state index < -0.39 is 11.8 Å². The van der Waals surface area contributed by atoms with Gasteiger partial charge in [-0.3, -0.25) is 0 Å². The minimum atomic E-state index is -1.24. The number of methoxy groups -OCH3 is 1. The van der Waals surface area contributed by atoms with E-state index in [1.165, 1.54) is 19.2 Å². The second-order valence-electron chi connectivity index (χ2n) is 2.63. The molecular weight excluding hydrogens is 187 g/mol. The van der Waals surface area contributed by atoms with Crippen molar-refractivity contribution in [2.24, 2.45) is 0 Å². The molecule has 0 aliphatic heterocycles. The minimum Gasteiger partial charge on any atom is -0.497 e. The number of aliphatic carboxylic acids is 1. The van der Waals surface area contributed by atoms with Crippen molar-refractivity contribution in [3.8, 4) is 5.75 Å². The number of carboxylic acids is 1. The van der Waals surface area contributed by atoms with E-state index in [1.54, 1.807) is 0 Å².